The second kappa shape index (κ2) is 9.87. The fraction of sp³-hybridized carbons (Fsp3) is 0.440. The van der Waals surface area contributed by atoms with E-state index in [0.717, 1.165) is 41.8 Å². The second-order valence-electron chi connectivity index (χ2n) is 9.02. The quantitative estimate of drug-likeness (QED) is 0.490. The number of carbonyl (C=O) groups is 1. The Morgan fingerprint density at radius 2 is 2.00 bits per heavy atom. The molecule has 5 rings (SSSR count). The fourth-order valence-corrected chi connectivity index (χ4v) is 6.09. The van der Waals surface area contributed by atoms with E-state index in [1.54, 1.807) is 0 Å². The van der Waals surface area contributed by atoms with Crippen molar-refractivity contribution in [3.8, 4) is 0 Å². The van der Waals surface area contributed by atoms with E-state index >= 15 is 0 Å². The molecule has 2 fully saturated rings. The first kappa shape index (κ1) is 23.8. The lowest BCUT2D eigenvalue weighted by atomic mass is 10.0. The third-order valence-corrected chi connectivity index (χ3v) is 7.83. The van der Waals surface area contributed by atoms with Gasteiger partial charge in [-0.1, -0.05) is 19.1 Å². The van der Waals surface area contributed by atoms with E-state index in [1.165, 1.54) is 41.0 Å². The summed E-state index contributed by atoms with van der Waals surface area (Å²) in [5.74, 6) is -0.119. The van der Waals surface area contributed by atoms with Crippen LogP contribution in [0.3, 0.4) is 0 Å². The molecule has 4 N–H and O–H groups in total. The van der Waals surface area contributed by atoms with E-state index in [9.17, 15) is 4.79 Å². The smallest absolute Gasteiger partial charge is 0.263 e. The monoisotopic (exact) mass is 485 g/mol. The van der Waals surface area contributed by atoms with Crippen LogP contribution in [0.15, 0.2) is 30.3 Å². The Morgan fingerprint density at radius 3 is 2.73 bits per heavy atom. The zero-order valence-electron chi connectivity index (χ0n) is 19.2. The van der Waals surface area contributed by atoms with Gasteiger partial charge in [0, 0.05) is 48.5 Å². The van der Waals surface area contributed by atoms with Gasteiger partial charge in [-0.05, 0) is 61.9 Å². The zero-order chi connectivity index (χ0) is 22.2. The van der Waals surface area contributed by atoms with Gasteiger partial charge >= 0.3 is 0 Å². The molecule has 1 aromatic carbocycles. The Morgan fingerprint density at radius 1 is 1.24 bits per heavy atom. The highest BCUT2D eigenvalue weighted by molar-refractivity contribution is 7.21. The number of hydrogen-bond donors (Lipinski definition) is 3. The molecule has 2 unspecified atom stereocenters. The van der Waals surface area contributed by atoms with Crippen molar-refractivity contribution >= 4 is 51.2 Å². The lowest BCUT2D eigenvalue weighted by Crippen LogP contribution is -2.51. The van der Waals surface area contributed by atoms with Crippen molar-refractivity contribution in [3.05, 3.63) is 52.0 Å². The molecule has 2 atom stereocenters. The van der Waals surface area contributed by atoms with E-state index in [1.807, 2.05) is 19.1 Å². The first-order chi connectivity index (χ1) is 15.5. The number of carbonyl (C=O) groups excluding carboxylic acids is 1. The summed E-state index contributed by atoms with van der Waals surface area (Å²) in [5, 5.41) is 7.61. The number of aryl methyl sites for hydroxylation is 2. The normalized spacial score (nSPS) is 19.5. The highest BCUT2D eigenvalue weighted by atomic mass is 35.5. The number of benzene rings is 1. The third kappa shape index (κ3) is 4.81. The minimum absolute atomic E-state index is 0. The number of fused-ring (bicyclic) bond motifs is 3. The standard InChI is InChI=1S/C25H31N5OS.ClH/c1-3-17-12-16(5-9-21(17)30-13-18-6-7-19(14-30)29-18)10-11-27-24(31)23-22(26)20-8-4-15(2)28-25(20)32-23;/h4-5,8-9,12,18-19,29H,3,6-7,10-11,13-14,26H2,1-2H3,(H,27,31);1H. The van der Waals surface area contributed by atoms with Gasteiger partial charge in [0.1, 0.15) is 9.71 Å². The van der Waals surface area contributed by atoms with E-state index in [2.05, 4.69) is 45.6 Å². The number of nitrogens with one attached hydrogen (secondary N) is 2. The molecule has 4 heterocycles. The predicted octanol–water partition coefficient (Wildman–Crippen LogP) is 4.08. The van der Waals surface area contributed by atoms with Crippen molar-refractivity contribution in [2.24, 2.45) is 0 Å². The SMILES string of the molecule is CCc1cc(CCNC(=O)c2sc3nc(C)ccc3c2N)ccc1N1CC2CCC(C1)N2.Cl. The van der Waals surface area contributed by atoms with Gasteiger partial charge in [-0.25, -0.2) is 4.98 Å². The molecule has 6 nitrogen and oxygen atoms in total. The summed E-state index contributed by atoms with van der Waals surface area (Å²) in [4.78, 5) is 21.2. The minimum atomic E-state index is -0.119. The lowest BCUT2D eigenvalue weighted by molar-refractivity contribution is 0.0959. The number of anilines is 2. The van der Waals surface area contributed by atoms with Crippen LogP contribution in [0.25, 0.3) is 10.2 Å². The molecule has 2 aromatic heterocycles. The number of nitrogen functional groups attached to an aromatic ring is 1. The first-order valence-corrected chi connectivity index (χ1v) is 12.4. The molecule has 176 valence electrons. The summed E-state index contributed by atoms with van der Waals surface area (Å²) in [6.45, 7) is 6.95. The molecular formula is C25H32ClN5OS. The molecule has 2 aliphatic heterocycles. The maximum Gasteiger partial charge on any atom is 0.263 e. The van der Waals surface area contributed by atoms with Crippen LogP contribution < -0.4 is 21.3 Å². The van der Waals surface area contributed by atoms with Gasteiger partial charge in [0.05, 0.1) is 5.69 Å². The minimum Gasteiger partial charge on any atom is -0.397 e. The van der Waals surface area contributed by atoms with Gasteiger partial charge in [0.25, 0.3) is 5.91 Å². The van der Waals surface area contributed by atoms with Crippen molar-refractivity contribution in [2.45, 2.75) is 51.6 Å². The molecule has 2 aliphatic rings. The Hall–Kier alpha value is -2.35. The summed E-state index contributed by atoms with van der Waals surface area (Å²) in [6, 6.07) is 11.9. The van der Waals surface area contributed by atoms with Crippen LogP contribution in [0.4, 0.5) is 11.4 Å². The van der Waals surface area contributed by atoms with Gasteiger partial charge in [-0.2, -0.15) is 0 Å². The van der Waals surface area contributed by atoms with Gasteiger partial charge < -0.3 is 21.3 Å². The molecule has 2 bridgehead atoms. The van der Waals surface area contributed by atoms with Gasteiger partial charge in [0.15, 0.2) is 0 Å². The number of halogens is 1. The number of piperazine rings is 1. The molecular weight excluding hydrogens is 454 g/mol. The van der Waals surface area contributed by atoms with Crippen molar-refractivity contribution in [3.63, 3.8) is 0 Å². The topological polar surface area (TPSA) is 83.3 Å². The van der Waals surface area contributed by atoms with Crippen molar-refractivity contribution in [1.82, 2.24) is 15.6 Å². The van der Waals surface area contributed by atoms with Gasteiger partial charge in [0.2, 0.25) is 0 Å². The van der Waals surface area contributed by atoms with Crippen LogP contribution in [-0.2, 0) is 12.8 Å². The molecule has 0 aliphatic carbocycles. The van der Waals surface area contributed by atoms with Crippen LogP contribution in [0, 0.1) is 6.92 Å². The number of rotatable bonds is 6. The number of amides is 1. The van der Waals surface area contributed by atoms with Crippen molar-refractivity contribution in [1.29, 1.82) is 0 Å². The Balaban J connectivity index is 0.00000259. The number of hydrogen-bond acceptors (Lipinski definition) is 6. The van der Waals surface area contributed by atoms with E-state index in [4.69, 9.17) is 5.73 Å². The van der Waals surface area contributed by atoms with Crippen LogP contribution in [0.5, 0.6) is 0 Å². The van der Waals surface area contributed by atoms with Crippen LogP contribution in [-0.4, -0.2) is 42.6 Å². The average Bonchev–Trinajstić information content (AvgIpc) is 3.31. The Bertz CT molecular complexity index is 1150. The molecule has 0 saturated carbocycles. The lowest BCUT2D eigenvalue weighted by Gasteiger charge is -2.36. The molecule has 1 amide bonds. The summed E-state index contributed by atoms with van der Waals surface area (Å²) < 4.78 is 0. The predicted molar refractivity (Wildman–Crippen MR) is 140 cm³/mol. The Kier molecular flexibility index (Phi) is 7.12. The zero-order valence-corrected chi connectivity index (χ0v) is 20.8. The van der Waals surface area contributed by atoms with Gasteiger partial charge in [-0.3, -0.25) is 4.79 Å². The first-order valence-electron chi connectivity index (χ1n) is 11.6. The van der Waals surface area contributed by atoms with Crippen LogP contribution in [0.2, 0.25) is 0 Å². The van der Waals surface area contributed by atoms with Crippen molar-refractivity contribution < 1.29 is 4.79 Å². The highest BCUT2D eigenvalue weighted by Gasteiger charge is 2.32. The van der Waals surface area contributed by atoms with Gasteiger partial charge in [-0.15, -0.1) is 23.7 Å². The number of pyridine rings is 1. The molecule has 8 heteroatoms. The number of nitrogens with two attached hydrogens (primary N) is 1. The van der Waals surface area contributed by atoms with Crippen LogP contribution >= 0.6 is 23.7 Å². The Labute approximate surface area is 205 Å². The summed E-state index contributed by atoms with van der Waals surface area (Å²) in [6.07, 6.45) is 4.40. The molecule has 33 heavy (non-hydrogen) atoms. The number of nitrogens with zero attached hydrogens (tertiary/aromatic N) is 2. The van der Waals surface area contributed by atoms with E-state index in [0.29, 0.717) is 29.2 Å². The number of aromatic nitrogens is 1. The average molecular weight is 486 g/mol. The maximum atomic E-state index is 12.7. The summed E-state index contributed by atoms with van der Waals surface area (Å²) in [7, 11) is 0. The molecule has 2 saturated heterocycles. The largest absolute Gasteiger partial charge is 0.397 e. The van der Waals surface area contributed by atoms with Crippen molar-refractivity contribution in [2.75, 3.05) is 30.3 Å². The van der Waals surface area contributed by atoms with E-state index in [-0.39, 0.29) is 18.3 Å². The summed E-state index contributed by atoms with van der Waals surface area (Å²) in [5.41, 5.74) is 11.7. The number of thiophene rings is 1. The molecule has 0 spiro atoms. The molecule has 0 radical (unpaired) electrons. The van der Waals surface area contributed by atoms with Crippen LogP contribution in [0.1, 0.15) is 46.3 Å². The maximum absolute atomic E-state index is 12.7. The molecule has 3 aromatic rings. The fourth-order valence-electron chi connectivity index (χ4n) is 5.04. The third-order valence-electron chi connectivity index (χ3n) is 6.72. The van der Waals surface area contributed by atoms with E-state index < -0.39 is 0 Å². The second-order valence-corrected chi connectivity index (χ2v) is 10.0. The highest BCUT2D eigenvalue weighted by Crippen LogP contribution is 2.32. The summed E-state index contributed by atoms with van der Waals surface area (Å²) >= 11 is 1.36.